The molecule has 0 spiro atoms. The number of hydrogen-bond donors (Lipinski definition) is 1. The Kier molecular flexibility index (Phi) is 2.23. The van der Waals surface area contributed by atoms with Gasteiger partial charge in [0.25, 0.3) is 0 Å². The molecule has 1 heterocycles. The highest BCUT2D eigenvalue weighted by Crippen LogP contribution is 2.02. The minimum Gasteiger partial charge on any atom is -0.486 e. The summed E-state index contributed by atoms with van der Waals surface area (Å²) in [5, 5.41) is 8.40. The van der Waals surface area contributed by atoms with E-state index in [0.29, 0.717) is 0 Å². The second-order valence-corrected chi connectivity index (χ2v) is 1.89. The molecule has 0 bridgehead atoms. The van der Waals surface area contributed by atoms with Gasteiger partial charge in [0, 0.05) is 0 Å². The molecule has 0 fully saturated rings. The van der Waals surface area contributed by atoms with Crippen LogP contribution in [0, 0.1) is 0 Å². The summed E-state index contributed by atoms with van der Waals surface area (Å²) >= 11 is 0. The number of ether oxygens (including phenoxy) is 1. The molecule has 0 aromatic heterocycles. The van der Waals surface area contributed by atoms with Crippen molar-refractivity contribution in [1.29, 1.82) is 0 Å². The number of aliphatic hydroxyl groups excluding tert-OH is 1. The topological polar surface area (TPSA) is 46.5 Å². The summed E-state index contributed by atoms with van der Waals surface area (Å²) in [5.41, 5.74) is 0. The summed E-state index contributed by atoms with van der Waals surface area (Å²) in [6, 6.07) is 0. The van der Waals surface area contributed by atoms with Gasteiger partial charge in [-0.1, -0.05) is 6.08 Å². The van der Waals surface area contributed by atoms with Crippen molar-refractivity contribution in [3.05, 3.63) is 24.5 Å². The first-order chi connectivity index (χ1) is 4.84. The third-order valence-corrected chi connectivity index (χ3v) is 1.17. The lowest BCUT2D eigenvalue weighted by Crippen LogP contribution is -2.23. The van der Waals surface area contributed by atoms with Crippen LogP contribution in [-0.2, 0) is 9.53 Å². The molecular weight excluding hydrogens is 132 g/mol. The third-order valence-electron chi connectivity index (χ3n) is 1.17. The SMILES string of the molecule is O=C(CO)C1C=CC=CO1. The number of ketones is 1. The van der Waals surface area contributed by atoms with Gasteiger partial charge in [0.15, 0.2) is 6.10 Å². The fourth-order valence-electron chi connectivity index (χ4n) is 0.659. The zero-order valence-corrected chi connectivity index (χ0v) is 5.36. The van der Waals surface area contributed by atoms with Crippen molar-refractivity contribution in [2.45, 2.75) is 6.10 Å². The van der Waals surface area contributed by atoms with Crippen molar-refractivity contribution in [1.82, 2.24) is 0 Å². The molecule has 10 heavy (non-hydrogen) atoms. The Morgan fingerprint density at radius 2 is 2.40 bits per heavy atom. The van der Waals surface area contributed by atoms with E-state index in [-0.39, 0.29) is 5.78 Å². The van der Waals surface area contributed by atoms with Crippen LogP contribution >= 0.6 is 0 Å². The van der Waals surface area contributed by atoms with Crippen molar-refractivity contribution in [2.24, 2.45) is 0 Å². The first-order valence-electron chi connectivity index (χ1n) is 2.97. The molecule has 0 aromatic rings. The summed E-state index contributed by atoms with van der Waals surface area (Å²) < 4.78 is 4.85. The van der Waals surface area contributed by atoms with Gasteiger partial charge in [-0.25, -0.2) is 0 Å². The number of carbonyl (C=O) groups excluding carboxylic acids is 1. The normalized spacial score (nSPS) is 22.3. The highest BCUT2D eigenvalue weighted by atomic mass is 16.5. The number of aliphatic hydroxyl groups is 1. The first kappa shape index (κ1) is 7.02. The number of rotatable bonds is 2. The van der Waals surface area contributed by atoms with Crippen LogP contribution in [-0.4, -0.2) is 23.6 Å². The van der Waals surface area contributed by atoms with Gasteiger partial charge in [0.05, 0.1) is 6.26 Å². The van der Waals surface area contributed by atoms with E-state index in [2.05, 4.69) is 0 Å². The van der Waals surface area contributed by atoms with E-state index in [4.69, 9.17) is 9.84 Å². The fourth-order valence-corrected chi connectivity index (χ4v) is 0.659. The van der Waals surface area contributed by atoms with Gasteiger partial charge in [-0.3, -0.25) is 4.79 Å². The standard InChI is InChI=1S/C7H8O3/c8-5-6(9)7-3-1-2-4-10-7/h1-4,7-8H,5H2. The largest absolute Gasteiger partial charge is 0.486 e. The molecule has 0 radical (unpaired) electrons. The summed E-state index contributed by atoms with van der Waals surface area (Å²) in [7, 11) is 0. The smallest absolute Gasteiger partial charge is 0.202 e. The number of allylic oxidation sites excluding steroid dienone is 2. The molecular formula is C7H8O3. The maximum absolute atomic E-state index is 10.7. The van der Waals surface area contributed by atoms with Gasteiger partial charge < -0.3 is 9.84 Å². The van der Waals surface area contributed by atoms with Crippen molar-refractivity contribution >= 4 is 5.78 Å². The lowest BCUT2D eigenvalue weighted by molar-refractivity contribution is -0.128. The van der Waals surface area contributed by atoms with Gasteiger partial charge in [0.2, 0.25) is 5.78 Å². The third kappa shape index (κ3) is 1.45. The molecule has 1 rings (SSSR count). The van der Waals surface area contributed by atoms with Crippen LogP contribution in [0.5, 0.6) is 0 Å². The molecule has 1 unspecified atom stereocenters. The van der Waals surface area contributed by atoms with Gasteiger partial charge >= 0.3 is 0 Å². The van der Waals surface area contributed by atoms with Crippen LogP contribution in [0.1, 0.15) is 0 Å². The van der Waals surface area contributed by atoms with Crippen molar-refractivity contribution in [2.75, 3.05) is 6.61 Å². The average Bonchev–Trinajstić information content (AvgIpc) is 2.05. The molecule has 0 aliphatic carbocycles. The Balaban J connectivity index is 2.51. The molecule has 3 heteroatoms. The predicted octanol–water partition coefficient (Wildman–Crippen LogP) is 0.0165. The minimum absolute atomic E-state index is 0.319. The Morgan fingerprint density at radius 3 is 2.90 bits per heavy atom. The molecule has 3 nitrogen and oxygen atoms in total. The molecule has 1 aliphatic heterocycles. The lowest BCUT2D eigenvalue weighted by Gasteiger charge is -2.11. The number of Topliss-reactive ketones (excluding diaryl/α,β-unsaturated/α-hetero) is 1. The highest BCUT2D eigenvalue weighted by Gasteiger charge is 2.14. The van der Waals surface area contributed by atoms with E-state index in [1.807, 2.05) is 0 Å². The summed E-state index contributed by atoms with van der Waals surface area (Å²) in [6.45, 7) is -0.469. The van der Waals surface area contributed by atoms with Crippen LogP contribution in [0.15, 0.2) is 24.5 Å². The fraction of sp³-hybridized carbons (Fsp3) is 0.286. The van der Waals surface area contributed by atoms with Crippen LogP contribution in [0.4, 0.5) is 0 Å². The molecule has 54 valence electrons. The number of hydrogen-bond acceptors (Lipinski definition) is 3. The maximum atomic E-state index is 10.7. The van der Waals surface area contributed by atoms with Crippen molar-refractivity contribution in [3.8, 4) is 0 Å². The van der Waals surface area contributed by atoms with Gasteiger partial charge in [-0.15, -0.1) is 0 Å². The summed E-state index contributed by atoms with van der Waals surface area (Å²) in [6.07, 6.45) is 5.83. The first-order valence-corrected chi connectivity index (χ1v) is 2.97. The van der Waals surface area contributed by atoms with Crippen molar-refractivity contribution < 1.29 is 14.6 Å². The summed E-state index contributed by atoms with van der Waals surface area (Å²) in [4.78, 5) is 10.7. The van der Waals surface area contributed by atoms with E-state index < -0.39 is 12.7 Å². The quantitative estimate of drug-likeness (QED) is 0.588. The van der Waals surface area contributed by atoms with E-state index in [1.54, 1.807) is 18.2 Å². The molecule has 0 amide bonds. The van der Waals surface area contributed by atoms with Crippen LogP contribution in [0.2, 0.25) is 0 Å². The van der Waals surface area contributed by atoms with E-state index in [9.17, 15) is 4.79 Å². The predicted molar refractivity (Wildman–Crippen MR) is 35.2 cm³/mol. The molecule has 1 atom stereocenters. The Morgan fingerprint density at radius 1 is 1.60 bits per heavy atom. The molecule has 1 aliphatic rings. The molecule has 0 saturated heterocycles. The van der Waals surface area contributed by atoms with E-state index >= 15 is 0 Å². The maximum Gasteiger partial charge on any atom is 0.202 e. The van der Waals surface area contributed by atoms with Gasteiger partial charge in [-0.2, -0.15) is 0 Å². The Labute approximate surface area is 58.6 Å². The Bertz CT molecular complexity index is 181. The van der Waals surface area contributed by atoms with Crippen molar-refractivity contribution in [3.63, 3.8) is 0 Å². The second-order valence-electron chi connectivity index (χ2n) is 1.89. The van der Waals surface area contributed by atoms with Gasteiger partial charge in [-0.05, 0) is 12.2 Å². The monoisotopic (exact) mass is 140 g/mol. The van der Waals surface area contributed by atoms with Crippen LogP contribution in [0.25, 0.3) is 0 Å². The Hall–Kier alpha value is -1.09. The molecule has 0 aromatic carbocycles. The molecule has 1 N–H and O–H groups in total. The highest BCUT2D eigenvalue weighted by molar-refractivity contribution is 5.86. The average molecular weight is 140 g/mol. The lowest BCUT2D eigenvalue weighted by atomic mass is 10.2. The minimum atomic E-state index is -0.588. The number of carbonyl (C=O) groups is 1. The molecule has 0 saturated carbocycles. The van der Waals surface area contributed by atoms with E-state index in [0.717, 1.165) is 0 Å². The zero-order valence-electron chi connectivity index (χ0n) is 5.36. The second kappa shape index (κ2) is 3.17. The van der Waals surface area contributed by atoms with Crippen LogP contribution < -0.4 is 0 Å². The van der Waals surface area contributed by atoms with Crippen LogP contribution in [0.3, 0.4) is 0 Å². The zero-order chi connectivity index (χ0) is 7.40. The summed E-state index contributed by atoms with van der Waals surface area (Å²) in [5.74, 6) is -0.319. The van der Waals surface area contributed by atoms with Gasteiger partial charge in [0.1, 0.15) is 6.61 Å². The van der Waals surface area contributed by atoms with E-state index in [1.165, 1.54) is 6.26 Å².